The quantitative estimate of drug-likeness (QED) is 0.162. The maximum absolute atomic E-state index is 14.4. The molecule has 0 radical (unpaired) electrons. The van der Waals surface area contributed by atoms with Crippen molar-refractivity contribution in [3.8, 4) is 28.3 Å². The van der Waals surface area contributed by atoms with Crippen molar-refractivity contribution in [1.29, 1.82) is 0 Å². The van der Waals surface area contributed by atoms with E-state index >= 15 is 0 Å². The molecule has 0 bridgehead atoms. The number of nitrogens with zero attached hydrogens (tertiary/aromatic N) is 4. The van der Waals surface area contributed by atoms with Gasteiger partial charge in [-0.1, -0.05) is 31.2 Å². The van der Waals surface area contributed by atoms with Gasteiger partial charge in [0.15, 0.2) is 6.17 Å². The summed E-state index contributed by atoms with van der Waals surface area (Å²) in [6.07, 6.45) is -2.59. The molecule has 0 saturated heterocycles. The summed E-state index contributed by atoms with van der Waals surface area (Å²) in [4.78, 5) is 5.57. The molecule has 37 heavy (non-hydrogen) atoms. The molecule has 198 valence electrons. The van der Waals surface area contributed by atoms with Gasteiger partial charge in [0, 0.05) is 42.3 Å². The molecule has 5 rings (SSSR count). The summed E-state index contributed by atoms with van der Waals surface area (Å²) >= 11 is 8.09. The zero-order valence-corrected chi connectivity index (χ0v) is 23.6. The van der Waals surface area contributed by atoms with Gasteiger partial charge in [-0.25, -0.2) is 22.8 Å². The molecule has 1 atom stereocenters. The predicted molar refractivity (Wildman–Crippen MR) is 143 cm³/mol. The van der Waals surface area contributed by atoms with Crippen LogP contribution >= 0.6 is 22.9 Å². The van der Waals surface area contributed by atoms with Crippen molar-refractivity contribution in [2.24, 2.45) is 0 Å². The average Bonchev–Trinajstić information content (AvgIpc) is 3.46. The fourth-order valence-corrected chi connectivity index (χ4v) is 6.55. The van der Waals surface area contributed by atoms with E-state index in [1.54, 1.807) is 16.8 Å². The van der Waals surface area contributed by atoms with Crippen molar-refractivity contribution < 1.29 is 22.6 Å². The largest absolute Gasteiger partial charge is 0.474 e. The summed E-state index contributed by atoms with van der Waals surface area (Å²) in [5, 5.41) is 4.82. The van der Waals surface area contributed by atoms with Crippen molar-refractivity contribution in [3.63, 3.8) is 0 Å². The number of aryl methyl sites for hydroxylation is 1. The van der Waals surface area contributed by atoms with Gasteiger partial charge in [-0.2, -0.15) is 5.10 Å². The highest BCUT2D eigenvalue weighted by Gasteiger charge is 2.36. The number of halogens is 4. The Morgan fingerprint density at radius 3 is 2.76 bits per heavy atom. The van der Waals surface area contributed by atoms with E-state index in [1.807, 2.05) is 19.1 Å². The van der Waals surface area contributed by atoms with Crippen LogP contribution in [0.5, 0.6) is 5.88 Å². The third-order valence-electron chi connectivity index (χ3n) is 6.26. The smallest absolute Gasteiger partial charge is 0.282 e. The number of hydrogen-bond acceptors (Lipinski definition) is 5. The summed E-state index contributed by atoms with van der Waals surface area (Å²) in [7, 11) is -1.35. The average molecular weight is 569 g/mol. The van der Waals surface area contributed by atoms with E-state index in [1.165, 1.54) is 16.0 Å². The monoisotopic (exact) mass is 568 g/mol. The van der Waals surface area contributed by atoms with Gasteiger partial charge >= 0.3 is 0 Å². The number of rotatable bonds is 8. The molecule has 0 amide bonds. The van der Waals surface area contributed by atoms with Gasteiger partial charge in [-0.05, 0) is 31.2 Å². The predicted octanol–water partition coefficient (Wildman–Crippen LogP) is 7.57. The normalized spacial score (nSPS) is 16.0. The minimum atomic E-state index is -2.91. The van der Waals surface area contributed by atoms with E-state index in [0.717, 1.165) is 16.3 Å². The fourth-order valence-electron chi connectivity index (χ4n) is 4.54. The summed E-state index contributed by atoms with van der Waals surface area (Å²) in [6, 6.07) is 6.57. The number of fused-ring (bicyclic) bond motifs is 2. The van der Waals surface area contributed by atoms with E-state index in [2.05, 4.69) is 29.7 Å². The zero-order valence-electron chi connectivity index (χ0n) is 21.0. The Balaban J connectivity index is 1.78. The summed E-state index contributed by atoms with van der Waals surface area (Å²) < 4.78 is 58.3. The van der Waals surface area contributed by atoms with Gasteiger partial charge in [0.05, 0.1) is 17.8 Å². The summed E-state index contributed by atoms with van der Waals surface area (Å²) in [5.41, 5.74) is 1.99. The lowest BCUT2D eigenvalue weighted by Gasteiger charge is -2.21. The zero-order chi connectivity index (χ0) is 26.5. The van der Waals surface area contributed by atoms with Crippen LogP contribution in [0.25, 0.3) is 33.4 Å². The second-order valence-corrected chi connectivity index (χ2v) is 17.9. The van der Waals surface area contributed by atoms with Gasteiger partial charge in [0.25, 0.3) is 6.43 Å². The van der Waals surface area contributed by atoms with Crippen LogP contribution < -0.4 is 4.74 Å². The summed E-state index contributed by atoms with van der Waals surface area (Å²) in [5.74, 6) is 0.111. The van der Waals surface area contributed by atoms with E-state index in [-0.39, 0.29) is 31.3 Å². The molecule has 4 aromatic heterocycles. The highest BCUT2D eigenvalue weighted by Crippen LogP contribution is 2.50. The molecule has 0 aliphatic carbocycles. The number of pyridine rings is 1. The van der Waals surface area contributed by atoms with Crippen LogP contribution in [-0.4, -0.2) is 46.8 Å². The van der Waals surface area contributed by atoms with Crippen LogP contribution in [0.2, 0.25) is 30.0 Å². The maximum Gasteiger partial charge on any atom is 0.282 e. The number of alkyl halides is 3. The first-order valence-corrected chi connectivity index (χ1v) is 16.9. The van der Waals surface area contributed by atoms with Crippen molar-refractivity contribution in [3.05, 3.63) is 39.3 Å². The molecule has 12 heteroatoms. The first-order chi connectivity index (χ1) is 17.5. The highest BCUT2D eigenvalue weighted by molar-refractivity contribution is 7.16. The van der Waals surface area contributed by atoms with Crippen LogP contribution in [0.4, 0.5) is 13.2 Å². The minimum Gasteiger partial charge on any atom is -0.474 e. The third kappa shape index (κ3) is 5.06. The Bertz CT molecular complexity index is 1450. The van der Waals surface area contributed by atoms with Crippen LogP contribution in [0.1, 0.15) is 17.0 Å². The Labute approximate surface area is 223 Å². The van der Waals surface area contributed by atoms with Gasteiger partial charge in [-0.15, -0.1) is 11.3 Å². The Morgan fingerprint density at radius 2 is 2.08 bits per heavy atom. The number of aromatic nitrogens is 4. The van der Waals surface area contributed by atoms with Crippen LogP contribution in [0.3, 0.4) is 0 Å². The van der Waals surface area contributed by atoms with Crippen molar-refractivity contribution in [1.82, 2.24) is 19.3 Å². The molecule has 5 heterocycles. The Hall–Kier alpha value is -2.34. The molecular formula is C25H28ClF3N4O2SSi. The van der Waals surface area contributed by atoms with E-state index in [0.29, 0.717) is 33.4 Å². The second kappa shape index (κ2) is 10.1. The van der Waals surface area contributed by atoms with E-state index < -0.39 is 26.4 Å². The maximum atomic E-state index is 14.4. The van der Waals surface area contributed by atoms with Gasteiger partial charge < -0.3 is 14.0 Å². The summed E-state index contributed by atoms with van der Waals surface area (Å²) in [6.45, 7) is 8.95. The lowest BCUT2D eigenvalue weighted by molar-refractivity contribution is 0.0907. The minimum absolute atomic E-state index is 0.0904. The number of thiophene rings is 1. The molecule has 1 aliphatic heterocycles. The number of hydrogen-bond donors (Lipinski definition) is 0. The molecule has 0 fully saturated rings. The fraction of sp³-hybridized carbons (Fsp3) is 0.440. The number of ether oxygens (including phenoxy) is 2. The van der Waals surface area contributed by atoms with Crippen molar-refractivity contribution >= 4 is 42.0 Å². The van der Waals surface area contributed by atoms with E-state index in [9.17, 15) is 13.2 Å². The standard InChI is InChI=1S/C25H28ClF3N4O2SSi/c1-14-10-17(22(26)36-14)18-16-6-5-7-30-24(16)32(13-34-8-9-37(2,3)4)21(18)19-20(23(28)29)31-33-11-15(27)12-35-25(19)33/h5-7,10,15,23H,8-9,11-13H2,1-4H3/t15-/m0/s1. The second-order valence-electron chi connectivity index (χ2n) is 10.4. The molecule has 4 aromatic rings. The van der Waals surface area contributed by atoms with Gasteiger partial charge in [-0.3, -0.25) is 0 Å². The molecule has 0 aromatic carbocycles. The topological polar surface area (TPSA) is 54.1 Å². The highest BCUT2D eigenvalue weighted by atomic mass is 35.5. The molecule has 0 spiro atoms. The first kappa shape index (κ1) is 26.3. The van der Waals surface area contributed by atoms with Gasteiger partial charge in [0.2, 0.25) is 5.88 Å². The molecule has 0 saturated carbocycles. The SMILES string of the molecule is Cc1cc(-c2c(-c3c(C(F)F)nn4c3OC[C@@H](F)C4)n(COCC[Si](C)(C)C)c3ncccc23)c(Cl)s1. The lowest BCUT2D eigenvalue weighted by Crippen LogP contribution is -2.27. The lowest BCUT2D eigenvalue weighted by atomic mass is 10.0. The van der Waals surface area contributed by atoms with Crippen molar-refractivity contribution in [2.45, 2.75) is 58.5 Å². The van der Waals surface area contributed by atoms with Crippen LogP contribution in [0.15, 0.2) is 24.4 Å². The molecule has 0 unspecified atom stereocenters. The molecule has 6 nitrogen and oxygen atoms in total. The van der Waals surface area contributed by atoms with E-state index in [4.69, 9.17) is 21.1 Å². The van der Waals surface area contributed by atoms with Gasteiger partial charge in [0.1, 0.15) is 29.0 Å². The van der Waals surface area contributed by atoms with Crippen LogP contribution in [-0.2, 0) is 18.0 Å². The van der Waals surface area contributed by atoms with Crippen molar-refractivity contribution in [2.75, 3.05) is 13.2 Å². The Morgan fingerprint density at radius 1 is 1.30 bits per heavy atom. The Kier molecular flexibility index (Phi) is 7.16. The molecule has 0 N–H and O–H groups in total. The third-order valence-corrected chi connectivity index (χ3v) is 9.24. The first-order valence-electron chi connectivity index (χ1n) is 12.0. The molecule has 1 aliphatic rings. The molecular weight excluding hydrogens is 541 g/mol. The van der Waals surface area contributed by atoms with Crippen LogP contribution in [0, 0.1) is 6.92 Å².